The summed E-state index contributed by atoms with van der Waals surface area (Å²) in [4.78, 5) is 19.2. The fraction of sp³-hybridized carbons (Fsp3) is 0.429. The summed E-state index contributed by atoms with van der Waals surface area (Å²) in [5.41, 5.74) is 0.732. The maximum Gasteiger partial charge on any atom is 0.247 e. The first-order valence-electron chi connectivity index (χ1n) is 6.77. The monoisotopic (exact) mass is 325 g/mol. The minimum Gasteiger partial charge on any atom is -0.375 e. The van der Waals surface area contributed by atoms with E-state index >= 15 is 0 Å². The molecule has 3 heterocycles. The Hall–Kier alpha value is -1.37. The van der Waals surface area contributed by atoms with E-state index in [4.69, 9.17) is 16.3 Å². The van der Waals surface area contributed by atoms with Crippen LogP contribution in [0.2, 0.25) is 5.15 Å². The van der Waals surface area contributed by atoms with Crippen molar-refractivity contribution in [1.29, 1.82) is 0 Å². The van der Waals surface area contributed by atoms with Gasteiger partial charge in [0.05, 0.1) is 24.4 Å². The SMILES string of the molecule is CC1CN(C(=O)/C=C/c2c(Cl)nc3sccn23)C(C)CO1. The Morgan fingerprint density at radius 2 is 2.38 bits per heavy atom. The van der Waals surface area contributed by atoms with Crippen LogP contribution >= 0.6 is 22.9 Å². The smallest absolute Gasteiger partial charge is 0.247 e. The lowest BCUT2D eigenvalue weighted by molar-refractivity contribution is -0.137. The van der Waals surface area contributed by atoms with Crippen molar-refractivity contribution in [3.05, 3.63) is 28.5 Å². The molecule has 2 unspecified atom stereocenters. The lowest BCUT2D eigenvalue weighted by Gasteiger charge is -2.36. The van der Waals surface area contributed by atoms with Crippen LogP contribution in [-0.2, 0) is 9.53 Å². The molecule has 2 aromatic heterocycles. The van der Waals surface area contributed by atoms with Gasteiger partial charge in [-0.2, -0.15) is 0 Å². The highest BCUT2D eigenvalue weighted by atomic mass is 35.5. The number of hydrogen-bond acceptors (Lipinski definition) is 4. The molecule has 0 aliphatic carbocycles. The number of hydrogen-bond donors (Lipinski definition) is 0. The lowest BCUT2D eigenvalue weighted by atomic mass is 10.2. The number of nitrogens with zero attached hydrogens (tertiary/aromatic N) is 3. The molecule has 2 atom stereocenters. The summed E-state index contributed by atoms with van der Waals surface area (Å²) in [5.74, 6) is -0.0288. The molecule has 5 nitrogen and oxygen atoms in total. The van der Waals surface area contributed by atoms with Gasteiger partial charge in [0, 0.05) is 24.2 Å². The number of carbonyl (C=O) groups excluding carboxylic acids is 1. The molecular formula is C14H16ClN3O2S. The predicted octanol–water partition coefficient (Wildman–Crippen LogP) is 2.70. The number of halogens is 1. The second kappa shape index (κ2) is 5.79. The highest BCUT2D eigenvalue weighted by molar-refractivity contribution is 7.15. The Morgan fingerprint density at radius 1 is 1.57 bits per heavy atom. The molecule has 112 valence electrons. The van der Waals surface area contributed by atoms with Gasteiger partial charge in [-0.05, 0) is 19.9 Å². The van der Waals surface area contributed by atoms with Gasteiger partial charge < -0.3 is 9.64 Å². The molecule has 3 rings (SSSR count). The van der Waals surface area contributed by atoms with Crippen LogP contribution in [0.5, 0.6) is 0 Å². The molecule has 0 radical (unpaired) electrons. The predicted molar refractivity (Wildman–Crippen MR) is 83.7 cm³/mol. The normalized spacial score (nSPS) is 23.3. The van der Waals surface area contributed by atoms with E-state index in [0.29, 0.717) is 18.3 Å². The van der Waals surface area contributed by atoms with Gasteiger partial charge in [0.25, 0.3) is 0 Å². The molecule has 0 N–H and O–H groups in total. The van der Waals surface area contributed by atoms with E-state index in [2.05, 4.69) is 4.98 Å². The first-order valence-corrected chi connectivity index (χ1v) is 8.03. The van der Waals surface area contributed by atoms with Crippen molar-refractivity contribution in [2.75, 3.05) is 13.2 Å². The summed E-state index contributed by atoms with van der Waals surface area (Å²) in [6, 6.07) is 0.0837. The van der Waals surface area contributed by atoms with Crippen LogP contribution in [0.3, 0.4) is 0 Å². The van der Waals surface area contributed by atoms with Crippen molar-refractivity contribution in [3.63, 3.8) is 0 Å². The van der Waals surface area contributed by atoms with Gasteiger partial charge in [-0.25, -0.2) is 4.98 Å². The number of carbonyl (C=O) groups is 1. The lowest BCUT2D eigenvalue weighted by Crippen LogP contribution is -2.49. The number of morpholine rings is 1. The van der Waals surface area contributed by atoms with Gasteiger partial charge in [-0.1, -0.05) is 11.6 Å². The zero-order valence-electron chi connectivity index (χ0n) is 11.8. The van der Waals surface area contributed by atoms with Gasteiger partial charge in [-0.3, -0.25) is 9.20 Å². The highest BCUT2D eigenvalue weighted by Crippen LogP contribution is 2.22. The number of thiazole rings is 1. The Balaban J connectivity index is 1.80. The average molecular weight is 326 g/mol. The van der Waals surface area contributed by atoms with Gasteiger partial charge in [0.1, 0.15) is 0 Å². The minimum atomic E-state index is -0.0288. The molecule has 7 heteroatoms. The van der Waals surface area contributed by atoms with E-state index in [-0.39, 0.29) is 18.1 Å². The fourth-order valence-corrected chi connectivity index (χ4v) is 3.39. The van der Waals surface area contributed by atoms with Gasteiger partial charge >= 0.3 is 0 Å². The first kappa shape index (κ1) is 14.6. The molecule has 0 aromatic carbocycles. The topological polar surface area (TPSA) is 46.8 Å². The number of amides is 1. The number of imidazole rings is 1. The van der Waals surface area contributed by atoms with E-state index in [1.165, 1.54) is 11.3 Å². The van der Waals surface area contributed by atoms with Gasteiger partial charge in [-0.15, -0.1) is 11.3 Å². The first-order chi connectivity index (χ1) is 10.1. The number of aromatic nitrogens is 2. The molecular weight excluding hydrogens is 310 g/mol. The molecule has 1 fully saturated rings. The van der Waals surface area contributed by atoms with Crippen molar-refractivity contribution >= 4 is 39.9 Å². The van der Waals surface area contributed by atoms with E-state index in [0.717, 1.165) is 10.7 Å². The average Bonchev–Trinajstić information content (AvgIpc) is 3.00. The van der Waals surface area contributed by atoms with Crippen LogP contribution in [0.4, 0.5) is 0 Å². The van der Waals surface area contributed by atoms with Gasteiger partial charge in [0.15, 0.2) is 10.1 Å². The van der Waals surface area contributed by atoms with Crippen LogP contribution in [-0.4, -0.2) is 45.5 Å². The Morgan fingerprint density at radius 3 is 3.19 bits per heavy atom. The third-order valence-corrected chi connectivity index (χ3v) is 4.56. The summed E-state index contributed by atoms with van der Waals surface area (Å²) < 4.78 is 7.41. The van der Waals surface area contributed by atoms with Crippen LogP contribution in [0.15, 0.2) is 17.7 Å². The maximum atomic E-state index is 12.3. The molecule has 1 saturated heterocycles. The molecule has 1 aliphatic rings. The highest BCUT2D eigenvalue weighted by Gasteiger charge is 2.26. The summed E-state index contributed by atoms with van der Waals surface area (Å²) in [6.45, 7) is 5.14. The van der Waals surface area contributed by atoms with Gasteiger partial charge in [0.2, 0.25) is 5.91 Å². The Kier molecular flexibility index (Phi) is 4.01. The molecule has 1 aliphatic heterocycles. The third-order valence-electron chi connectivity index (χ3n) is 3.53. The second-order valence-electron chi connectivity index (χ2n) is 5.16. The standard InChI is InChI=1S/C14H16ClN3O2S/c1-9-8-20-10(2)7-18(9)12(19)4-3-11-13(15)16-14-17(11)5-6-21-14/h3-6,9-10H,7-8H2,1-2H3/b4-3+. The van der Waals surface area contributed by atoms with Crippen LogP contribution in [0, 0.1) is 0 Å². The summed E-state index contributed by atoms with van der Waals surface area (Å²) in [6.07, 6.45) is 5.24. The van der Waals surface area contributed by atoms with Crippen molar-refractivity contribution < 1.29 is 9.53 Å². The quantitative estimate of drug-likeness (QED) is 0.798. The zero-order valence-corrected chi connectivity index (χ0v) is 13.4. The summed E-state index contributed by atoms with van der Waals surface area (Å²) in [7, 11) is 0. The largest absolute Gasteiger partial charge is 0.375 e. The van der Waals surface area contributed by atoms with E-state index in [9.17, 15) is 4.79 Å². The number of fused-ring (bicyclic) bond motifs is 1. The summed E-state index contributed by atoms with van der Waals surface area (Å²) in [5, 5.41) is 2.35. The van der Waals surface area contributed by atoms with Crippen molar-refractivity contribution in [1.82, 2.24) is 14.3 Å². The third kappa shape index (κ3) is 2.84. The molecule has 0 bridgehead atoms. The molecule has 1 amide bonds. The molecule has 0 spiro atoms. The van der Waals surface area contributed by atoms with Crippen molar-refractivity contribution in [3.8, 4) is 0 Å². The zero-order chi connectivity index (χ0) is 15.0. The van der Waals surface area contributed by atoms with E-state index < -0.39 is 0 Å². The second-order valence-corrected chi connectivity index (χ2v) is 6.39. The Bertz CT molecular complexity index is 694. The maximum absolute atomic E-state index is 12.3. The van der Waals surface area contributed by atoms with Crippen LogP contribution in [0.25, 0.3) is 11.0 Å². The minimum absolute atomic E-state index is 0.0288. The van der Waals surface area contributed by atoms with Crippen LogP contribution in [0.1, 0.15) is 19.5 Å². The van der Waals surface area contributed by atoms with Crippen molar-refractivity contribution in [2.45, 2.75) is 26.0 Å². The van der Waals surface area contributed by atoms with E-state index in [1.54, 1.807) is 12.2 Å². The van der Waals surface area contributed by atoms with E-state index in [1.807, 2.05) is 34.7 Å². The number of ether oxygens (including phenoxy) is 1. The van der Waals surface area contributed by atoms with Crippen molar-refractivity contribution in [2.24, 2.45) is 0 Å². The molecule has 21 heavy (non-hydrogen) atoms. The molecule has 2 aromatic rings. The number of rotatable bonds is 2. The molecule has 0 saturated carbocycles. The van der Waals surface area contributed by atoms with Crippen LogP contribution < -0.4 is 0 Å². The fourth-order valence-electron chi connectivity index (χ4n) is 2.38. The Labute approximate surface area is 131 Å². The summed E-state index contributed by atoms with van der Waals surface area (Å²) >= 11 is 7.62.